The van der Waals surface area contributed by atoms with Crippen molar-refractivity contribution < 1.29 is 15.3 Å². The van der Waals surface area contributed by atoms with Gasteiger partial charge < -0.3 is 15.3 Å². The minimum absolute atomic E-state index is 0. The summed E-state index contributed by atoms with van der Waals surface area (Å²) in [7, 11) is 4.25. The predicted molar refractivity (Wildman–Crippen MR) is 24.7 cm³/mol. The van der Waals surface area contributed by atoms with Crippen LogP contribution < -0.4 is 0 Å². The van der Waals surface area contributed by atoms with E-state index in [0.717, 1.165) is 7.11 Å². The number of rotatable bonds is 0. The summed E-state index contributed by atoms with van der Waals surface area (Å²) >= 11 is 0. The Hall–Kier alpha value is -0.120. The molecule has 0 heterocycles. The van der Waals surface area contributed by atoms with Crippen LogP contribution in [0.4, 0.5) is 0 Å². The van der Waals surface area contributed by atoms with Gasteiger partial charge in [-0.1, -0.05) is 0 Å². The van der Waals surface area contributed by atoms with Gasteiger partial charge in [0.1, 0.15) is 0 Å². The summed E-state index contributed by atoms with van der Waals surface area (Å²) in [4.78, 5) is 0. The molecule has 0 unspecified atom stereocenters. The molecule has 6 heavy (non-hydrogen) atoms. The van der Waals surface area contributed by atoms with Gasteiger partial charge in [0, 0.05) is 21.3 Å². The van der Waals surface area contributed by atoms with E-state index in [4.69, 9.17) is 5.11 Å². The molecule has 0 radical (unpaired) electrons. The second-order valence-electron chi connectivity index (χ2n) is 0.408. The fourth-order valence-electron chi connectivity index (χ4n) is 0. The fourth-order valence-corrected chi connectivity index (χ4v) is 0. The highest BCUT2D eigenvalue weighted by Gasteiger charge is 1.25. The molecule has 0 fully saturated rings. The van der Waals surface area contributed by atoms with Gasteiger partial charge in [-0.05, 0) is 0 Å². The van der Waals surface area contributed by atoms with Gasteiger partial charge in [-0.15, -0.1) is 0 Å². The van der Waals surface area contributed by atoms with Crippen LogP contribution in [0.5, 0.6) is 0 Å². The zero-order valence-corrected chi connectivity index (χ0v) is 4.36. The van der Waals surface area contributed by atoms with Gasteiger partial charge >= 0.3 is 0 Å². The zero-order chi connectivity index (χ0) is 4.71. The standard InChI is InChI=1S/C2H6O.CH4O.H2O/c1-3-2;1-2;/h1-2H3;2H,1H3;1H2. The van der Waals surface area contributed by atoms with Crippen molar-refractivity contribution in [2.45, 2.75) is 0 Å². The molecule has 0 aliphatic carbocycles. The molecule has 0 atom stereocenters. The fraction of sp³-hybridized carbons (Fsp3) is 1.00. The molecule has 0 bridgehead atoms. The molecule has 0 aromatic carbocycles. The van der Waals surface area contributed by atoms with E-state index in [2.05, 4.69) is 4.74 Å². The van der Waals surface area contributed by atoms with Gasteiger partial charge in [0.2, 0.25) is 0 Å². The SMILES string of the molecule is CO.COC.O. The summed E-state index contributed by atoms with van der Waals surface area (Å²) < 4.78 is 4.25. The van der Waals surface area contributed by atoms with E-state index in [0.29, 0.717) is 0 Å². The third kappa shape index (κ3) is 2230. The first-order valence-corrected chi connectivity index (χ1v) is 1.26. The number of aliphatic hydroxyl groups is 1. The van der Waals surface area contributed by atoms with Crippen LogP contribution in [0.15, 0.2) is 0 Å². The van der Waals surface area contributed by atoms with Crippen LogP contribution in [0.25, 0.3) is 0 Å². The number of aliphatic hydroxyl groups excluding tert-OH is 1. The molecule has 0 aliphatic rings. The van der Waals surface area contributed by atoms with Gasteiger partial charge in [0.05, 0.1) is 0 Å². The minimum Gasteiger partial charge on any atom is -0.412 e. The highest BCUT2D eigenvalue weighted by atomic mass is 16.4. The van der Waals surface area contributed by atoms with Gasteiger partial charge in [-0.3, -0.25) is 0 Å². The third-order valence-electron chi connectivity index (χ3n) is 0. The summed E-state index contributed by atoms with van der Waals surface area (Å²) in [5.74, 6) is 0. The predicted octanol–water partition coefficient (Wildman–Crippen LogP) is -0.954. The van der Waals surface area contributed by atoms with Crippen molar-refractivity contribution in [1.29, 1.82) is 0 Å². The maximum Gasteiger partial charge on any atom is 0.0351 e. The van der Waals surface area contributed by atoms with Gasteiger partial charge in [0.15, 0.2) is 0 Å². The van der Waals surface area contributed by atoms with Crippen molar-refractivity contribution in [3.05, 3.63) is 0 Å². The molecule has 0 aromatic heterocycles. The van der Waals surface area contributed by atoms with E-state index in [-0.39, 0.29) is 5.48 Å². The number of ether oxygens (including phenoxy) is 1. The monoisotopic (exact) mass is 96.1 g/mol. The van der Waals surface area contributed by atoms with Crippen molar-refractivity contribution in [2.24, 2.45) is 0 Å². The molecular formula is C3H12O3. The number of hydrogen-bond acceptors (Lipinski definition) is 2. The lowest BCUT2D eigenvalue weighted by atomic mass is 11.6. The van der Waals surface area contributed by atoms with Gasteiger partial charge in [-0.25, -0.2) is 0 Å². The average molecular weight is 96.1 g/mol. The van der Waals surface area contributed by atoms with Crippen molar-refractivity contribution >= 4 is 0 Å². The lowest BCUT2D eigenvalue weighted by molar-refractivity contribution is 0.277. The highest BCUT2D eigenvalue weighted by molar-refractivity contribution is 3.56. The summed E-state index contributed by atoms with van der Waals surface area (Å²) in [5.41, 5.74) is 0. The van der Waals surface area contributed by atoms with Crippen molar-refractivity contribution in [2.75, 3.05) is 21.3 Å². The molecule has 3 N–H and O–H groups in total. The molecule has 0 aliphatic heterocycles. The largest absolute Gasteiger partial charge is 0.412 e. The number of hydrogen-bond donors (Lipinski definition) is 1. The summed E-state index contributed by atoms with van der Waals surface area (Å²) in [6.45, 7) is 0. The summed E-state index contributed by atoms with van der Waals surface area (Å²) in [5, 5.41) is 7.00. The lowest BCUT2D eigenvalue weighted by Crippen LogP contribution is -1.55. The van der Waals surface area contributed by atoms with E-state index in [9.17, 15) is 0 Å². The maximum atomic E-state index is 7.00. The van der Waals surface area contributed by atoms with Gasteiger partial charge in [-0.2, -0.15) is 0 Å². The van der Waals surface area contributed by atoms with Crippen LogP contribution in [0.1, 0.15) is 0 Å². The summed E-state index contributed by atoms with van der Waals surface area (Å²) in [6, 6.07) is 0. The Kier molecular flexibility index (Phi) is 267. The minimum atomic E-state index is 0. The Morgan fingerprint density at radius 3 is 1.17 bits per heavy atom. The first-order valence-electron chi connectivity index (χ1n) is 1.26. The third-order valence-corrected chi connectivity index (χ3v) is 0. The van der Waals surface area contributed by atoms with Crippen LogP contribution in [0, 0.1) is 0 Å². The van der Waals surface area contributed by atoms with E-state index >= 15 is 0 Å². The normalized spacial score (nSPS) is 4.00. The molecule has 42 valence electrons. The molecule has 0 amide bonds. The Morgan fingerprint density at radius 1 is 1.17 bits per heavy atom. The maximum absolute atomic E-state index is 7.00. The lowest BCUT2D eigenvalue weighted by Gasteiger charge is -1.61. The highest BCUT2D eigenvalue weighted by Crippen LogP contribution is 1.28. The van der Waals surface area contributed by atoms with Crippen molar-refractivity contribution in [3.63, 3.8) is 0 Å². The van der Waals surface area contributed by atoms with E-state index in [1.807, 2.05) is 0 Å². The Labute approximate surface area is 37.9 Å². The first kappa shape index (κ1) is 16.9. The molecule has 3 nitrogen and oxygen atoms in total. The van der Waals surface area contributed by atoms with Crippen LogP contribution in [-0.2, 0) is 4.74 Å². The molecule has 0 saturated heterocycles. The summed E-state index contributed by atoms with van der Waals surface area (Å²) in [6.07, 6.45) is 0. The van der Waals surface area contributed by atoms with Gasteiger partial charge in [0.25, 0.3) is 0 Å². The van der Waals surface area contributed by atoms with Crippen LogP contribution >= 0.6 is 0 Å². The van der Waals surface area contributed by atoms with Crippen molar-refractivity contribution in [1.82, 2.24) is 0 Å². The molecular weight excluding hydrogens is 84.0 g/mol. The van der Waals surface area contributed by atoms with E-state index in [1.54, 1.807) is 14.2 Å². The van der Waals surface area contributed by atoms with E-state index < -0.39 is 0 Å². The smallest absolute Gasteiger partial charge is 0.0351 e. The van der Waals surface area contributed by atoms with Crippen molar-refractivity contribution in [3.8, 4) is 0 Å². The quantitative estimate of drug-likeness (QED) is 0.422. The molecule has 3 heteroatoms. The Morgan fingerprint density at radius 2 is 1.17 bits per heavy atom. The topological polar surface area (TPSA) is 61.0 Å². The average Bonchev–Trinajstić information content (AvgIpc) is 1.46. The Bertz CT molecular complexity index is 6.00. The van der Waals surface area contributed by atoms with Crippen LogP contribution in [-0.4, -0.2) is 31.9 Å². The first-order chi connectivity index (χ1) is 2.41. The number of methoxy groups -OCH3 is 1. The van der Waals surface area contributed by atoms with E-state index in [1.165, 1.54) is 0 Å². The molecule has 0 aromatic rings. The van der Waals surface area contributed by atoms with Crippen LogP contribution in [0.2, 0.25) is 0 Å². The molecule has 0 saturated carbocycles. The molecule has 0 spiro atoms. The Balaban J connectivity index is -0.0000000275. The zero-order valence-electron chi connectivity index (χ0n) is 4.36. The second kappa shape index (κ2) is 94.9. The second-order valence-corrected chi connectivity index (χ2v) is 0.408. The van der Waals surface area contributed by atoms with Crippen LogP contribution in [0.3, 0.4) is 0 Å². The molecule has 0 rings (SSSR count).